The zero-order valence-corrected chi connectivity index (χ0v) is 13.6. The van der Waals surface area contributed by atoms with E-state index in [9.17, 15) is 9.59 Å². The summed E-state index contributed by atoms with van der Waals surface area (Å²) in [5.41, 5.74) is 0.812. The van der Waals surface area contributed by atoms with E-state index in [1.807, 2.05) is 12.1 Å². The molecule has 1 heterocycles. The fraction of sp³-hybridized carbons (Fsp3) is 0.500. The summed E-state index contributed by atoms with van der Waals surface area (Å²) in [5, 5.41) is 0. The Morgan fingerprint density at radius 2 is 1.73 bits per heavy atom. The van der Waals surface area contributed by atoms with Gasteiger partial charge in [-0.2, -0.15) is 0 Å². The van der Waals surface area contributed by atoms with Crippen LogP contribution in [0.4, 0.5) is 0 Å². The Morgan fingerprint density at radius 3 is 2.32 bits per heavy atom. The smallest absolute Gasteiger partial charge is 0.246 e. The third-order valence-corrected chi connectivity index (χ3v) is 4.22. The maximum atomic E-state index is 12.5. The number of nitrogens with zero attached hydrogens (tertiary/aromatic N) is 2. The molecule has 120 valence electrons. The fourth-order valence-corrected chi connectivity index (χ4v) is 2.69. The zero-order valence-electron chi connectivity index (χ0n) is 13.6. The molecule has 2 rings (SSSR count). The Bertz CT molecular complexity index is 588. The number of rotatable bonds is 4. The first-order valence-electron chi connectivity index (χ1n) is 7.19. The first kappa shape index (κ1) is 16.1. The van der Waals surface area contributed by atoms with Crippen LogP contribution < -0.4 is 9.47 Å². The molecule has 0 spiro atoms. The lowest BCUT2D eigenvalue weighted by atomic mass is 10.1. The highest BCUT2D eigenvalue weighted by Crippen LogP contribution is 2.32. The number of benzene rings is 1. The van der Waals surface area contributed by atoms with Crippen LogP contribution in [0.15, 0.2) is 18.2 Å². The average Bonchev–Trinajstić information content (AvgIpc) is 2.54. The van der Waals surface area contributed by atoms with Gasteiger partial charge >= 0.3 is 0 Å². The molecular formula is C16H22N2O4. The summed E-state index contributed by atoms with van der Waals surface area (Å²) in [4.78, 5) is 27.8. The molecule has 0 aliphatic carbocycles. The third-order valence-electron chi connectivity index (χ3n) is 4.22. The number of hydrogen-bond donors (Lipinski definition) is 0. The van der Waals surface area contributed by atoms with Gasteiger partial charge in [0.1, 0.15) is 12.1 Å². The summed E-state index contributed by atoms with van der Waals surface area (Å²) in [7, 11) is 4.78. The Labute approximate surface area is 130 Å². The lowest BCUT2D eigenvalue weighted by Gasteiger charge is -2.41. The second kappa shape index (κ2) is 6.25. The second-order valence-corrected chi connectivity index (χ2v) is 5.42. The van der Waals surface area contributed by atoms with Crippen molar-refractivity contribution in [1.29, 1.82) is 0 Å². The summed E-state index contributed by atoms with van der Waals surface area (Å²) in [6, 6.07) is 4.55. The average molecular weight is 306 g/mol. The summed E-state index contributed by atoms with van der Waals surface area (Å²) >= 11 is 0. The van der Waals surface area contributed by atoms with Gasteiger partial charge in [0, 0.05) is 12.6 Å². The van der Waals surface area contributed by atoms with E-state index in [0.29, 0.717) is 18.0 Å². The molecule has 0 unspecified atom stereocenters. The molecule has 0 N–H and O–H groups in total. The Hall–Kier alpha value is -2.24. The minimum Gasteiger partial charge on any atom is -0.493 e. The van der Waals surface area contributed by atoms with E-state index in [4.69, 9.17) is 9.47 Å². The lowest BCUT2D eigenvalue weighted by molar-refractivity contribution is -0.159. The van der Waals surface area contributed by atoms with Crippen LogP contribution in [0, 0.1) is 0 Å². The molecule has 2 amide bonds. The van der Waals surface area contributed by atoms with Gasteiger partial charge in [-0.05, 0) is 19.9 Å². The van der Waals surface area contributed by atoms with Crippen LogP contribution in [-0.2, 0) is 16.1 Å². The van der Waals surface area contributed by atoms with E-state index in [1.165, 1.54) is 4.90 Å². The minimum atomic E-state index is -0.496. The number of likely N-dealkylation sites (N-methyl/N-ethyl adjacent to an activating group) is 1. The van der Waals surface area contributed by atoms with Crippen LogP contribution in [0.25, 0.3) is 0 Å². The van der Waals surface area contributed by atoms with E-state index in [2.05, 4.69) is 0 Å². The standard InChI is InChI=1S/C16H22N2O4/c1-10-16(20)18(11(2)15(19)17(10)3)9-12-7-6-8-13(21-4)14(12)22-5/h6-8,10-11H,9H2,1-5H3/t10-,11-/m0/s1. The van der Waals surface area contributed by atoms with Crippen LogP contribution in [0.3, 0.4) is 0 Å². The Kier molecular flexibility index (Phi) is 4.59. The van der Waals surface area contributed by atoms with Gasteiger partial charge in [0.25, 0.3) is 0 Å². The van der Waals surface area contributed by atoms with Crippen LogP contribution in [-0.4, -0.2) is 55.0 Å². The Morgan fingerprint density at radius 1 is 1.05 bits per heavy atom. The van der Waals surface area contributed by atoms with Gasteiger partial charge < -0.3 is 19.3 Å². The molecule has 0 bridgehead atoms. The highest BCUT2D eigenvalue weighted by Gasteiger charge is 2.40. The predicted molar refractivity (Wildman–Crippen MR) is 81.8 cm³/mol. The molecule has 1 aliphatic heterocycles. The van der Waals surface area contributed by atoms with E-state index < -0.39 is 12.1 Å². The molecule has 1 aliphatic rings. The minimum absolute atomic E-state index is 0.0611. The van der Waals surface area contributed by atoms with Crippen molar-refractivity contribution >= 4 is 11.8 Å². The van der Waals surface area contributed by atoms with Crippen molar-refractivity contribution in [3.63, 3.8) is 0 Å². The third kappa shape index (κ3) is 2.61. The van der Waals surface area contributed by atoms with Gasteiger partial charge in [-0.1, -0.05) is 12.1 Å². The molecule has 0 radical (unpaired) electrons. The van der Waals surface area contributed by atoms with E-state index >= 15 is 0 Å². The SMILES string of the molecule is COc1cccc(CN2C(=O)[C@H](C)N(C)C(=O)[C@@H]2C)c1OC. The van der Waals surface area contributed by atoms with Gasteiger partial charge in [-0.3, -0.25) is 9.59 Å². The van der Waals surface area contributed by atoms with Crippen molar-refractivity contribution in [2.24, 2.45) is 0 Å². The molecule has 1 saturated heterocycles. The maximum absolute atomic E-state index is 12.5. The topological polar surface area (TPSA) is 59.1 Å². The van der Waals surface area contributed by atoms with Crippen molar-refractivity contribution in [3.8, 4) is 11.5 Å². The normalized spacial score (nSPS) is 22.0. The summed E-state index contributed by atoms with van der Waals surface area (Å²) in [6.07, 6.45) is 0. The fourth-order valence-electron chi connectivity index (χ4n) is 2.69. The molecule has 2 atom stereocenters. The molecular weight excluding hydrogens is 284 g/mol. The number of methoxy groups -OCH3 is 2. The number of carbonyl (C=O) groups is 2. The number of para-hydroxylation sites is 1. The van der Waals surface area contributed by atoms with Crippen LogP contribution in [0.2, 0.25) is 0 Å². The van der Waals surface area contributed by atoms with Crippen molar-refractivity contribution < 1.29 is 19.1 Å². The van der Waals surface area contributed by atoms with Gasteiger partial charge in [0.05, 0.1) is 20.8 Å². The summed E-state index contributed by atoms with van der Waals surface area (Å²) in [5.74, 6) is 1.06. The molecule has 0 saturated carbocycles. The molecule has 6 nitrogen and oxygen atoms in total. The number of piperazine rings is 1. The van der Waals surface area contributed by atoms with E-state index in [-0.39, 0.29) is 11.8 Å². The monoisotopic (exact) mass is 306 g/mol. The van der Waals surface area contributed by atoms with Crippen molar-refractivity contribution in [3.05, 3.63) is 23.8 Å². The number of ether oxygens (including phenoxy) is 2. The zero-order chi connectivity index (χ0) is 16.4. The largest absolute Gasteiger partial charge is 0.493 e. The number of carbonyl (C=O) groups excluding carboxylic acids is 2. The van der Waals surface area contributed by atoms with Crippen LogP contribution in [0.1, 0.15) is 19.4 Å². The van der Waals surface area contributed by atoms with Crippen LogP contribution >= 0.6 is 0 Å². The molecule has 0 aromatic heterocycles. The van der Waals surface area contributed by atoms with E-state index in [0.717, 1.165) is 5.56 Å². The van der Waals surface area contributed by atoms with Gasteiger partial charge in [0.15, 0.2) is 11.5 Å². The van der Waals surface area contributed by atoms with Crippen molar-refractivity contribution in [1.82, 2.24) is 9.80 Å². The Balaban J connectivity index is 2.34. The molecule has 6 heteroatoms. The van der Waals surface area contributed by atoms with Gasteiger partial charge in [-0.25, -0.2) is 0 Å². The van der Waals surface area contributed by atoms with Gasteiger partial charge in [0.2, 0.25) is 11.8 Å². The molecule has 1 aromatic carbocycles. The molecule has 22 heavy (non-hydrogen) atoms. The number of hydrogen-bond acceptors (Lipinski definition) is 4. The predicted octanol–water partition coefficient (Wildman–Crippen LogP) is 1.28. The molecule has 1 aromatic rings. The van der Waals surface area contributed by atoms with Crippen molar-refractivity contribution in [2.45, 2.75) is 32.5 Å². The van der Waals surface area contributed by atoms with Gasteiger partial charge in [-0.15, -0.1) is 0 Å². The van der Waals surface area contributed by atoms with Crippen molar-refractivity contribution in [2.75, 3.05) is 21.3 Å². The lowest BCUT2D eigenvalue weighted by Crippen LogP contribution is -2.61. The first-order chi connectivity index (χ1) is 10.4. The molecule has 1 fully saturated rings. The summed E-state index contributed by atoms with van der Waals surface area (Å²) < 4.78 is 10.7. The maximum Gasteiger partial charge on any atom is 0.246 e. The van der Waals surface area contributed by atoms with Crippen LogP contribution in [0.5, 0.6) is 11.5 Å². The highest BCUT2D eigenvalue weighted by atomic mass is 16.5. The number of amides is 2. The summed E-state index contributed by atoms with van der Waals surface area (Å²) in [6.45, 7) is 3.79. The first-order valence-corrected chi connectivity index (χ1v) is 7.19. The highest BCUT2D eigenvalue weighted by molar-refractivity contribution is 5.96. The quantitative estimate of drug-likeness (QED) is 0.841. The second-order valence-electron chi connectivity index (χ2n) is 5.42. The van der Waals surface area contributed by atoms with E-state index in [1.54, 1.807) is 46.1 Å².